The summed E-state index contributed by atoms with van der Waals surface area (Å²) in [6.07, 6.45) is 5.37. The van der Waals surface area contributed by atoms with Crippen LogP contribution >= 0.6 is 15.9 Å². The van der Waals surface area contributed by atoms with Crippen LogP contribution in [0.4, 0.5) is 0 Å². The first-order valence-corrected chi connectivity index (χ1v) is 8.17. The summed E-state index contributed by atoms with van der Waals surface area (Å²) in [4.78, 5) is 12.4. The van der Waals surface area contributed by atoms with Gasteiger partial charge < -0.3 is 10.6 Å². The molecule has 1 saturated heterocycles. The molecular weight excluding hydrogens is 332 g/mol. The highest BCUT2D eigenvalue weighted by atomic mass is 79.9. The quantitative estimate of drug-likeness (QED) is 0.874. The fraction of sp³-hybridized carbons (Fsp3) is 0.733. The molecule has 0 aromatic carbocycles. The predicted octanol–water partition coefficient (Wildman–Crippen LogP) is 2.63. The third kappa shape index (κ3) is 4.30. The lowest BCUT2D eigenvalue weighted by atomic mass is 9.79. The van der Waals surface area contributed by atoms with Crippen molar-refractivity contribution in [3.05, 3.63) is 16.9 Å². The van der Waals surface area contributed by atoms with E-state index in [2.05, 4.69) is 59.4 Å². The van der Waals surface area contributed by atoms with Crippen molar-refractivity contribution in [3.63, 3.8) is 0 Å². The van der Waals surface area contributed by atoms with Crippen LogP contribution in [0.5, 0.6) is 0 Å². The first-order valence-electron chi connectivity index (χ1n) is 7.37. The van der Waals surface area contributed by atoms with E-state index in [-0.39, 0.29) is 29.1 Å². The van der Waals surface area contributed by atoms with Gasteiger partial charge in [0, 0.05) is 23.3 Å². The van der Waals surface area contributed by atoms with E-state index in [9.17, 15) is 4.79 Å². The number of nitrogens with one attached hydrogen (secondary N) is 2. The van der Waals surface area contributed by atoms with Crippen LogP contribution in [0.15, 0.2) is 16.9 Å². The minimum atomic E-state index is -0.308. The summed E-state index contributed by atoms with van der Waals surface area (Å²) < 4.78 is 2.56. The fourth-order valence-corrected chi connectivity index (χ4v) is 3.69. The largest absolute Gasteiger partial charge is 0.351 e. The molecule has 0 spiro atoms. The first-order chi connectivity index (χ1) is 9.58. The van der Waals surface area contributed by atoms with Crippen LogP contribution in [-0.4, -0.2) is 32.8 Å². The Bertz CT molecular complexity index is 507. The molecule has 1 aliphatic rings. The summed E-state index contributed by atoms with van der Waals surface area (Å²) in [5.74, 6) is 0.0177. The molecule has 1 fully saturated rings. The second-order valence-electron chi connectivity index (χ2n) is 7.32. The van der Waals surface area contributed by atoms with Crippen molar-refractivity contribution >= 4 is 21.8 Å². The number of piperidine rings is 1. The molecule has 5 nitrogen and oxygen atoms in total. The van der Waals surface area contributed by atoms with Crippen molar-refractivity contribution in [1.29, 1.82) is 0 Å². The number of carbonyl (C=O) groups is 1. The van der Waals surface area contributed by atoms with Gasteiger partial charge >= 0.3 is 0 Å². The molecule has 118 valence electrons. The van der Waals surface area contributed by atoms with E-state index in [1.54, 1.807) is 10.9 Å². The maximum absolute atomic E-state index is 12.4. The zero-order valence-corrected chi connectivity index (χ0v) is 15.0. The minimum absolute atomic E-state index is 0.0177. The Kier molecular flexibility index (Phi) is 4.49. The van der Waals surface area contributed by atoms with Gasteiger partial charge in [-0.25, -0.2) is 0 Å². The number of carbonyl (C=O) groups excluding carboxylic acids is 1. The number of amides is 1. The molecule has 1 unspecified atom stereocenters. The lowest BCUT2D eigenvalue weighted by Gasteiger charge is -2.46. The van der Waals surface area contributed by atoms with Crippen molar-refractivity contribution in [2.24, 2.45) is 0 Å². The van der Waals surface area contributed by atoms with Crippen molar-refractivity contribution in [1.82, 2.24) is 20.4 Å². The summed E-state index contributed by atoms with van der Waals surface area (Å²) in [7, 11) is 0. The molecule has 2 heterocycles. The summed E-state index contributed by atoms with van der Waals surface area (Å²) in [6.45, 7) is 10.6. The molecule has 0 aliphatic carbocycles. The van der Waals surface area contributed by atoms with Crippen molar-refractivity contribution < 1.29 is 4.79 Å². The molecule has 6 heteroatoms. The van der Waals surface area contributed by atoms with Gasteiger partial charge in [0.2, 0.25) is 5.91 Å². The maximum Gasteiger partial charge on any atom is 0.244 e. The standard InChI is InChI=1S/C15H25BrN4O/c1-10(20-9-11(16)8-17-20)13(21)18-12-6-14(2,3)19-15(4,5)7-12/h8-10,12,19H,6-7H2,1-5H3,(H,18,21). The molecule has 0 bridgehead atoms. The number of hydrogen-bond donors (Lipinski definition) is 2. The van der Waals surface area contributed by atoms with E-state index in [1.165, 1.54) is 0 Å². The Labute approximate surface area is 135 Å². The molecule has 0 saturated carbocycles. The van der Waals surface area contributed by atoms with Crippen LogP contribution in [0.3, 0.4) is 0 Å². The highest BCUT2D eigenvalue weighted by Gasteiger charge is 2.38. The average molecular weight is 357 g/mol. The molecule has 1 atom stereocenters. The Morgan fingerprint density at radius 2 is 2.00 bits per heavy atom. The molecule has 21 heavy (non-hydrogen) atoms. The highest BCUT2D eigenvalue weighted by Crippen LogP contribution is 2.28. The zero-order chi connectivity index (χ0) is 15.8. The van der Waals surface area contributed by atoms with E-state index < -0.39 is 0 Å². The van der Waals surface area contributed by atoms with Crippen LogP contribution in [-0.2, 0) is 4.79 Å². The molecule has 1 amide bonds. The van der Waals surface area contributed by atoms with E-state index in [0.717, 1.165) is 17.3 Å². The summed E-state index contributed by atoms with van der Waals surface area (Å²) >= 11 is 3.35. The fourth-order valence-electron chi connectivity index (χ4n) is 3.39. The lowest BCUT2D eigenvalue weighted by molar-refractivity contribution is -0.125. The third-order valence-electron chi connectivity index (χ3n) is 3.88. The van der Waals surface area contributed by atoms with Crippen molar-refractivity contribution in [2.45, 2.75) is 70.6 Å². The van der Waals surface area contributed by atoms with Gasteiger partial charge in [-0.2, -0.15) is 5.10 Å². The number of hydrogen-bond acceptors (Lipinski definition) is 3. The minimum Gasteiger partial charge on any atom is -0.351 e. The van der Waals surface area contributed by atoms with Gasteiger partial charge in [-0.3, -0.25) is 9.48 Å². The van der Waals surface area contributed by atoms with Crippen molar-refractivity contribution in [2.75, 3.05) is 0 Å². The normalized spacial score (nSPS) is 22.8. The van der Waals surface area contributed by atoms with Crippen molar-refractivity contribution in [3.8, 4) is 0 Å². The smallest absolute Gasteiger partial charge is 0.244 e. The highest BCUT2D eigenvalue weighted by molar-refractivity contribution is 9.10. The van der Waals surface area contributed by atoms with Crippen LogP contribution in [0.25, 0.3) is 0 Å². The van der Waals surface area contributed by atoms with E-state index in [0.29, 0.717) is 0 Å². The molecular formula is C15H25BrN4O. The molecule has 0 radical (unpaired) electrons. The second-order valence-corrected chi connectivity index (χ2v) is 8.24. The Balaban J connectivity index is 2.02. The van der Waals surface area contributed by atoms with E-state index in [4.69, 9.17) is 0 Å². The monoisotopic (exact) mass is 356 g/mol. The lowest BCUT2D eigenvalue weighted by Crippen LogP contribution is -2.62. The van der Waals surface area contributed by atoms with Crippen LogP contribution < -0.4 is 10.6 Å². The molecule has 1 aliphatic heterocycles. The Morgan fingerprint density at radius 3 is 2.48 bits per heavy atom. The molecule has 1 aromatic heterocycles. The summed E-state index contributed by atoms with van der Waals surface area (Å²) in [5.41, 5.74) is 0.0509. The van der Waals surface area contributed by atoms with Gasteiger partial charge in [0.1, 0.15) is 6.04 Å². The van der Waals surface area contributed by atoms with Crippen LogP contribution in [0.2, 0.25) is 0 Å². The third-order valence-corrected chi connectivity index (χ3v) is 4.29. The molecule has 2 rings (SSSR count). The maximum atomic E-state index is 12.4. The van der Waals surface area contributed by atoms with Gasteiger partial charge in [-0.15, -0.1) is 0 Å². The predicted molar refractivity (Wildman–Crippen MR) is 87.1 cm³/mol. The summed E-state index contributed by atoms with van der Waals surface area (Å²) in [6, 6.07) is -0.123. The van der Waals surface area contributed by atoms with Gasteiger partial charge in [0.05, 0.1) is 10.7 Å². The summed E-state index contributed by atoms with van der Waals surface area (Å²) in [5, 5.41) is 11.0. The number of nitrogens with zero attached hydrogens (tertiary/aromatic N) is 2. The second kappa shape index (κ2) is 5.72. The van der Waals surface area contributed by atoms with Gasteiger partial charge in [-0.1, -0.05) is 0 Å². The number of aromatic nitrogens is 2. The number of rotatable bonds is 3. The van der Waals surface area contributed by atoms with E-state index >= 15 is 0 Å². The van der Waals surface area contributed by atoms with Crippen LogP contribution in [0.1, 0.15) is 53.5 Å². The topological polar surface area (TPSA) is 59.0 Å². The Morgan fingerprint density at radius 1 is 1.43 bits per heavy atom. The Hall–Kier alpha value is -0.880. The SMILES string of the molecule is CC(C(=O)NC1CC(C)(C)NC(C)(C)C1)n1cc(Br)cn1. The van der Waals surface area contributed by atoms with Crippen LogP contribution in [0, 0.1) is 0 Å². The van der Waals surface area contributed by atoms with E-state index in [1.807, 2.05) is 13.1 Å². The molecule has 1 aromatic rings. The van der Waals surface area contributed by atoms with Gasteiger partial charge in [0.25, 0.3) is 0 Å². The first kappa shape index (κ1) is 16.5. The van der Waals surface area contributed by atoms with Gasteiger partial charge in [0.15, 0.2) is 0 Å². The molecule has 2 N–H and O–H groups in total. The number of halogens is 1. The zero-order valence-electron chi connectivity index (χ0n) is 13.4. The van der Waals surface area contributed by atoms with Gasteiger partial charge in [-0.05, 0) is 63.4 Å². The average Bonchev–Trinajstić information content (AvgIpc) is 2.70.